The summed E-state index contributed by atoms with van der Waals surface area (Å²) in [6.45, 7) is 0.355. The zero-order valence-electron chi connectivity index (χ0n) is 9.10. The summed E-state index contributed by atoms with van der Waals surface area (Å²) < 4.78 is 0. The smallest absolute Gasteiger partial charge is 0.275 e. The fourth-order valence-electron chi connectivity index (χ4n) is 1.89. The average molecular weight is 257 g/mol. The van der Waals surface area contributed by atoms with Crippen LogP contribution in [-0.4, -0.2) is 22.2 Å². The molecule has 1 fully saturated rings. The summed E-state index contributed by atoms with van der Waals surface area (Å²) in [6, 6.07) is 4.87. The molecular weight excluding hydrogens is 244 g/mol. The van der Waals surface area contributed by atoms with Crippen molar-refractivity contribution >= 4 is 17.3 Å². The van der Waals surface area contributed by atoms with Gasteiger partial charge in [0.15, 0.2) is 0 Å². The number of aliphatic hydroxyl groups is 1. The van der Waals surface area contributed by atoms with E-state index in [1.165, 1.54) is 6.07 Å². The fraction of sp³-hybridized carbons (Fsp3) is 0.455. The van der Waals surface area contributed by atoms with Gasteiger partial charge in [0.1, 0.15) is 0 Å². The molecule has 1 aliphatic rings. The molecule has 0 heterocycles. The van der Waals surface area contributed by atoms with E-state index in [9.17, 15) is 10.1 Å². The highest BCUT2D eigenvalue weighted by Crippen LogP contribution is 2.27. The van der Waals surface area contributed by atoms with Crippen molar-refractivity contribution in [1.82, 2.24) is 5.32 Å². The molecule has 2 N–H and O–H groups in total. The van der Waals surface area contributed by atoms with E-state index in [2.05, 4.69) is 5.32 Å². The highest BCUT2D eigenvalue weighted by atomic mass is 35.5. The molecule has 0 amide bonds. The molecule has 5 nitrogen and oxygen atoms in total. The number of hydrogen-bond acceptors (Lipinski definition) is 4. The van der Waals surface area contributed by atoms with E-state index in [0.29, 0.717) is 30.0 Å². The number of aliphatic hydroxyl groups excluding tert-OH is 1. The minimum absolute atomic E-state index is 0.0323. The van der Waals surface area contributed by atoms with Crippen molar-refractivity contribution in [2.75, 3.05) is 0 Å². The SMILES string of the molecule is O=[N+]([O-])c1cccc(Cl)c1CNC1CC(O)C1. The standard InChI is InChI=1S/C11H13ClN2O3/c12-10-2-1-3-11(14(16)17)9(10)6-13-7-4-8(15)5-7/h1-3,7-8,13,15H,4-6H2. The van der Waals surface area contributed by atoms with Gasteiger partial charge < -0.3 is 10.4 Å². The van der Waals surface area contributed by atoms with E-state index >= 15 is 0 Å². The van der Waals surface area contributed by atoms with Crippen LogP contribution in [0.1, 0.15) is 18.4 Å². The zero-order valence-corrected chi connectivity index (χ0v) is 9.85. The second-order valence-corrected chi connectivity index (χ2v) is 4.60. The summed E-state index contributed by atoms with van der Waals surface area (Å²) >= 11 is 5.95. The van der Waals surface area contributed by atoms with Crippen molar-refractivity contribution in [3.05, 3.63) is 38.9 Å². The van der Waals surface area contributed by atoms with Crippen molar-refractivity contribution in [2.45, 2.75) is 31.5 Å². The van der Waals surface area contributed by atoms with Crippen molar-refractivity contribution < 1.29 is 10.0 Å². The van der Waals surface area contributed by atoms with Gasteiger partial charge in [-0.1, -0.05) is 17.7 Å². The van der Waals surface area contributed by atoms with E-state index < -0.39 is 4.92 Å². The lowest BCUT2D eigenvalue weighted by Gasteiger charge is -2.32. The van der Waals surface area contributed by atoms with E-state index in [-0.39, 0.29) is 17.8 Å². The summed E-state index contributed by atoms with van der Waals surface area (Å²) in [5, 5.41) is 23.5. The molecule has 2 rings (SSSR count). The van der Waals surface area contributed by atoms with Crippen LogP contribution in [0.25, 0.3) is 0 Å². The number of nitro groups is 1. The normalized spacial score (nSPS) is 23.2. The maximum absolute atomic E-state index is 10.8. The van der Waals surface area contributed by atoms with Gasteiger partial charge in [0.05, 0.1) is 21.6 Å². The topological polar surface area (TPSA) is 75.4 Å². The van der Waals surface area contributed by atoms with Crippen molar-refractivity contribution in [3.8, 4) is 0 Å². The number of nitrogens with one attached hydrogen (secondary N) is 1. The minimum atomic E-state index is -0.432. The monoisotopic (exact) mass is 256 g/mol. The van der Waals surface area contributed by atoms with Crippen LogP contribution in [0.4, 0.5) is 5.69 Å². The number of nitro benzene ring substituents is 1. The summed E-state index contributed by atoms with van der Waals surface area (Å²) in [4.78, 5) is 10.4. The molecule has 0 bridgehead atoms. The lowest BCUT2D eigenvalue weighted by molar-refractivity contribution is -0.385. The van der Waals surface area contributed by atoms with Gasteiger partial charge in [-0.3, -0.25) is 10.1 Å². The molecule has 0 aliphatic heterocycles. The first-order chi connectivity index (χ1) is 8.08. The lowest BCUT2D eigenvalue weighted by Crippen LogP contribution is -2.43. The first kappa shape index (κ1) is 12.3. The second kappa shape index (κ2) is 5.00. The number of benzene rings is 1. The van der Waals surface area contributed by atoms with Crippen LogP contribution in [0.15, 0.2) is 18.2 Å². The zero-order chi connectivity index (χ0) is 12.4. The Morgan fingerprint density at radius 1 is 1.53 bits per heavy atom. The van der Waals surface area contributed by atoms with Gasteiger partial charge in [-0.25, -0.2) is 0 Å². The molecule has 0 unspecified atom stereocenters. The minimum Gasteiger partial charge on any atom is -0.393 e. The molecule has 0 aromatic heterocycles. The van der Waals surface area contributed by atoms with Gasteiger partial charge in [-0.2, -0.15) is 0 Å². The van der Waals surface area contributed by atoms with Gasteiger partial charge in [0.25, 0.3) is 5.69 Å². The van der Waals surface area contributed by atoms with Crippen molar-refractivity contribution in [3.63, 3.8) is 0 Å². The Morgan fingerprint density at radius 3 is 2.82 bits per heavy atom. The first-order valence-electron chi connectivity index (χ1n) is 5.41. The van der Waals surface area contributed by atoms with E-state index in [1.807, 2.05) is 0 Å². The summed E-state index contributed by atoms with van der Waals surface area (Å²) in [5.74, 6) is 0. The Bertz CT molecular complexity index is 433. The molecule has 92 valence electrons. The molecule has 1 aromatic rings. The fourth-order valence-corrected chi connectivity index (χ4v) is 2.13. The molecule has 0 saturated heterocycles. The molecule has 1 saturated carbocycles. The number of halogens is 1. The highest BCUT2D eigenvalue weighted by molar-refractivity contribution is 6.31. The molecule has 0 radical (unpaired) electrons. The van der Waals surface area contributed by atoms with Gasteiger partial charge in [-0.15, -0.1) is 0 Å². The Labute approximate surface area is 104 Å². The maximum Gasteiger partial charge on any atom is 0.275 e. The Morgan fingerprint density at radius 2 is 2.24 bits per heavy atom. The molecule has 0 spiro atoms. The molecule has 0 atom stereocenters. The van der Waals surface area contributed by atoms with E-state index in [0.717, 1.165) is 0 Å². The maximum atomic E-state index is 10.8. The molecule has 1 aliphatic carbocycles. The average Bonchev–Trinajstić information content (AvgIpc) is 2.23. The van der Waals surface area contributed by atoms with Crippen LogP contribution in [-0.2, 0) is 6.54 Å². The Kier molecular flexibility index (Phi) is 3.61. The van der Waals surface area contributed by atoms with Crippen LogP contribution in [0.3, 0.4) is 0 Å². The molecule has 6 heteroatoms. The van der Waals surface area contributed by atoms with Crippen LogP contribution in [0, 0.1) is 10.1 Å². The quantitative estimate of drug-likeness (QED) is 0.637. The van der Waals surface area contributed by atoms with Crippen LogP contribution < -0.4 is 5.32 Å². The van der Waals surface area contributed by atoms with Gasteiger partial charge in [0, 0.05) is 18.7 Å². The largest absolute Gasteiger partial charge is 0.393 e. The molecule has 1 aromatic carbocycles. The first-order valence-corrected chi connectivity index (χ1v) is 5.79. The van der Waals surface area contributed by atoms with Crippen molar-refractivity contribution in [2.24, 2.45) is 0 Å². The predicted molar refractivity (Wildman–Crippen MR) is 64.0 cm³/mol. The summed E-state index contributed by atoms with van der Waals surface area (Å²) in [6.07, 6.45) is 1.14. The third kappa shape index (κ3) is 2.74. The Hall–Kier alpha value is -1.17. The third-order valence-corrected chi connectivity index (χ3v) is 3.33. The predicted octanol–water partition coefficient (Wildman–Crippen LogP) is 1.86. The van der Waals surface area contributed by atoms with Gasteiger partial charge in [0.2, 0.25) is 0 Å². The van der Waals surface area contributed by atoms with E-state index in [4.69, 9.17) is 16.7 Å². The van der Waals surface area contributed by atoms with Gasteiger partial charge in [-0.05, 0) is 18.9 Å². The van der Waals surface area contributed by atoms with Crippen molar-refractivity contribution in [1.29, 1.82) is 0 Å². The van der Waals surface area contributed by atoms with Gasteiger partial charge >= 0.3 is 0 Å². The third-order valence-electron chi connectivity index (χ3n) is 2.97. The Balaban J connectivity index is 2.06. The van der Waals surface area contributed by atoms with E-state index in [1.54, 1.807) is 12.1 Å². The lowest BCUT2D eigenvalue weighted by atomic mass is 9.89. The summed E-state index contributed by atoms with van der Waals surface area (Å²) in [7, 11) is 0. The number of hydrogen-bond donors (Lipinski definition) is 2. The molecule has 17 heavy (non-hydrogen) atoms. The highest BCUT2D eigenvalue weighted by Gasteiger charge is 2.27. The van der Waals surface area contributed by atoms with Crippen LogP contribution >= 0.6 is 11.6 Å². The second-order valence-electron chi connectivity index (χ2n) is 4.20. The summed E-state index contributed by atoms with van der Waals surface area (Å²) in [5.41, 5.74) is 0.533. The van der Waals surface area contributed by atoms with Crippen LogP contribution in [0.2, 0.25) is 5.02 Å². The number of nitrogens with zero attached hydrogens (tertiary/aromatic N) is 1. The van der Waals surface area contributed by atoms with Crippen LogP contribution in [0.5, 0.6) is 0 Å². The number of rotatable bonds is 4. The molecular formula is C11H13ClN2O3.